The lowest BCUT2D eigenvalue weighted by Crippen LogP contribution is -2.54. The third kappa shape index (κ3) is 5.92. The first-order valence-electron chi connectivity index (χ1n) is 11.7. The van der Waals surface area contributed by atoms with Crippen LogP contribution >= 0.6 is 0 Å². The van der Waals surface area contributed by atoms with Crippen LogP contribution in [-0.4, -0.2) is 66.9 Å². The van der Waals surface area contributed by atoms with E-state index in [-0.39, 0.29) is 17.7 Å². The second kappa shape index (κ2) is 11.6. The molecule has 1 atom stereocenters. The van der Waals surface area contributed by atoms with Gasteiger partial charge < -0.3 is 19.9 Å². The molecule has 3 rings (SSSR count). The summed E-state index contributed by atoms with van der Waals surface area (Å²) in [5, 5.41) is 2.89. The summed E-state index contributed by atoms with van der Waals surface area (Å²) in [5.74, 6) is -0.478. The Morgan fingerprint density at radius 2 is 1.56 bits per heavy atom. The normalized spacial score (nSPS) is 14.9. The van der Waals surface area contributed by atoms with Gasteiger partial charge in [0.15, 0.2) is 0 Å². The van der Waals surface area contributed by atoms with E-state index in [9.17, 15) is 18.8 Å². The van der Waals surface area contributed by atoms with Gasteiger partial charge in [0.25, 0.3) is 11.8 Å². The number of halogens is 1. The molecule has 1 heterocycles. The number of hydrogen-bond donors (Lipinski definition) is 1. The molecule has 1 aliphatic heterocycles. The number of ether oxygens (including phenoxy) is 1. The smallest absolute Gasteiger partial charge is 0.253 e. The molecule has 2 aromatic carbocycles. The zero-order chi connectivity index (χ0) is 24.7. The fourth-order valence-electron chi connectivity index (χ4n) is 4.29. The number of benzene rings is 2. The van der Waals surface area contributed by atoms with Crippen molar-refractivity contribution in [1.82, 2.24) is 15.1 Å². The van der Waals surface area contributed by atoms with Crippen LogP contribution < -0.4 is 10.1 Å². The molecule has 1 N–H and O–H groups in total. The van der Waals surface area contributed by atoms with Crippen LogP contribution in [-0.2, 0) is 4.79 Å². The van der Waals surface area contributed by atoms with E-state index in [1.165, 1.54) is 24.3 Å². The highest BCUT2D eigenvalue weighted by atomic mass is 19.1. The molecule has 1 fully saturated rings. The van der Waals surface area contributed by atoms with Crippen molar-refractivity contribution in [3.63, 3.8) is 0 Å². The van der Waals surface area contributed by atoms with Crippen molar-refractivity contribution in [3.8, 4) is 5.75 Å². The third-order valence-electron chi connectivity index (χ3n) is 6.37. The highest BCUT2D eigenvalue weighted by Gasteiger charge is 2.35. The molecular weight excluding hydrogens is 437 g/mol. The minimum Gasteiger partial charge on any atom is -0.497 e. The maximum atomic E-state index is 13.3. The molecule has 0 aromatic heterocycles. The molecule has 1 saturated heterocycles. The zero-order valence-electron chi connectivity index (χ0n) is 19.9. The van der Waals surface area contributed by atoms with Crippen LogP contribution in [0.25, 0.3) is 0 Å². The number of likely N-dealkylation sites (N-methyl/N-ethyl adjacent to an activating group) is 1. The molecule has 2 aromatic rings. The first-order valence-corrected chi connectivity index (χ1v) is 11.7. The Balaban J connectivity index is 1.71. The molecule has 0 radical (unpaired) electrons. The van der Waals surface area contributed by atoms with E-state index in [2.05, 4.69) is 5.32 Å². The summed E-state index contributed by atoms with van der Waals surface area (Å²) in [6, 6.07) is 11.5. The monoisotopic (exact) mass is 469 g/mol. The van der Waals surface area contributed by atoms with E-state index in [4.69, 9.17) is 4.74 Å². The van der Waals surface area contributed by atoms with E-state index in [1.54, 1.807) is 41.2 Å². The maximum Gasteiger partial charge on any atom is 0.253 e. The summed E-state index contributed by atoms with van der Waals surface area (Å²) in [7, 11) is 1.58. The first kappa shape index (κ1) is 25.2. The van der Waals surface area contributed by atoms with Crippen molar-refractivity contribution < 1.29 is 23.5 Å². The number of methoxy groups -OCH3 is 1. The molecule has 8 heteroatoms. The summed E-state index contributed by atoms with van der Waals surface area (Å²) in [6.07, 6.45) is 1.17. The number of nitrogens with zero attached hydrogens (tertiary/aromatic N) is 2. The Kier molecular flexibility index (Phi) is 8.62. The Bertz CT molecular complexity index is 982. The quantitative estimate of drug-likeness (QED) is 0.643. The summed E-state index contributed by atoms with van der Waals surface area (Å²) < 4.78 is 18.4. The molecule has 7 nitrogen and oxygen atoms in total. The van der Waals surface area contributed by atoms with Crippen molar-refractivity contribution >= 4 is 17.7 Å². The lowest BCUT2D eigenvalue weighted by atomic mass is 9.87. The van der Waals surface area contributed by atoms with Crippen molar-refractivity contribution in [2.75, 3.05) is 33.3 Å². The van der Waals surface area contributed by atoms with Crippen molar-refractivity contribution in [3.05, 3.63) is 65.5 Å². The van der Waals surface area contributed by atoms with E-state index in [0.717, 1.165) is 0 Å². The van der Waals surface area contributed by atoms with Gasteiger partial charge in [-0.05, 0) is 81.1 Å². The van der Waals surface area contributed by atoms with Gasteiger partial charge in [-0.15, -0.1) is 0 Å². The molecule has 182 valence electrons. The molecule has 34 heavy (non-hydrogen) atoms. The first-order chi connectivity index (χ1) is 16.4. The minimum absolute atomic E-state index is 0.0666. The molecule has 0 aliphatic carbocycles. The predicted molar refractivity (Wildman–Crippen MR) is 127 cm³/mol. The van der Waals surface area contributed by atoms with Crippen molar-refractivity contribution in [2.45, 2.75) is 32.7 Å². The summed E-state index contributed by atoms with van der Waals surface area (Å²) in [5.41, 5.74) is 0.880. The van der Waals surface area contributed by atoms with Gasteiger partial charge in [0.1, 0.15) is 17.6 Å². The summed E-state index contributed by atoms with van der Waals surface area (Å²) in [6.45, 7) is 5.85. The van der Waals surface area contributed by atoms with Gasteiger partial charge >= 0.3 is 0 Å². The molecule has 0 saturated carbocycles. The third-order valence-corrected chi connectivity index (χ3v) is 6.37. The number of nitrogens with one attached hydrogen (secondary N) is 1. The topological polar surface area (TPSA) is 79.0 Å². The fourth-order valence-corrected chi connectivity index (χ4v) is 4.29. The lowest BCUT2D eigenvalue weighted by Gasteiger charge is -2.37. The van der Waals surface area contributed by atoms with Crippen LogP contribution in [0.5, 0.6) is 5.75 Å². The Morgan fingerprint density at radius 1 is 1.00 bits per heavy atom. The van der Waals surface area contributed by atoms with Gasteiger partial charge in [0, 0.05) is 37.3 Å². The lowest BCUT2D eigenvalue weighted by molar-refractivity contribution is -0.134. The summed E-state index contributed by atoms with van der Waals surface area (Å²) >= 11 is 0. The predicted octanol–water partition coefficient (Wildman–Crippen LogP) is 3.35. The highest BCUT2D eigenvalue weighted by molar-refractivity contribution is 5.97. The van der Waals surface area contributed by atoms with E-state index in [0.29, 0.717) is 55.9 Å². The highest BCUT2D eigenvalue weighted by Crippen LogP contribution is 2.24. The van der Waals surface area contributed by atoms with Crippen LogP contribution in [0.15, 0.2) is 48.5 Å². The Morgan fingerprint density at radius 3 is 2.09 bits per heavy atom. The molecule has 3 amide bonds. The summed E-state index contributed by atoms with van der Waals surface area (Å²) in [4.78, 5) is 42.5. The minimum atomic E-state index is -0.712. The van der Waals surface area contributed by atoms with Crippen LogP contribution in [0, 0.1) is 11.7 Å². The molecular formula is C26H32FN3O4. The van der Waals surface area contributed by atoms with E-state index < -0.39 is 17.8 Å². The second-order valence-corrected chi connectivity index (χ2v) is 8.33. The molecule has 0 bridgehead atoms. The number of carbonyl (C=O) groups excluding carboxylic acids is 3. The van der Waals surface area contributed by atoms with Gasteiger partial charge in [0.05, 0.1) is 7.11 Å². The Labute approximate surface area is 199 Å². The average Bonchev–Trinajstić information content (AvgIpc) is 2.88. The van der Waals surface area contributed by atoms with E-state index >= 15 is 0 Å². The van der Waals surface area contributed by atoms with Crippen molar-refractivity contribution in [1.29, 1.82) is 0 Å². The Hall–Kier alpha value is -3.42. The van der Waals surface area contributed by atoms with Crippen LogP contribution in [0.2, 0.25) is 0 Å². The zero-order valence-corrected chi connectivity index (χ0v) is 19.9. The van der Waals surface area contributed by atoms with Crippen LogP contribution in [0.3, 0.4) is 0 Å². The number of amides is 3. The number of piperidine rings is 1. The number of hydrogen-bond acceptors (Lipinski definition) is 4. The van der Waals surface area contributed by atoms with Crippen molar-refractivity contribution in [2.24, 2.45) is 5.92 Å². The van der Waals surface area contributed by atoms with Gasteiger partial charge in [-0.2, -0.15) is 0 Å². The van der Waals surface area contributed by atoms with Gasteiger partial charge in [-0.25, -0.2) is 4.39 Å². The van der Waals surface area contributed by atoms with Gasteiger partial charge in [0.2, 0.25) is 5.91 Å². The van der Waals surface area contributed by atoms with Gasteiger partial charge in [-0.3, -0.25) is 14.4 Å². The van der Waals surface area contributed by atoms with E-state index in [1.807, 2.05) is 13.8 Å². The number of rotatable bonds is 8. The number of likely N-dealkylation sites (tertiary alicyclic amines) is 1. The molecule has 0 spiro atoms. The number of carbonyl (C=O) groups is 3. The largest absolute Gasteiger partial charge is 0.497 e. The second-order valence-electron chi connectivity index (χ2n) is 8.33. The fraction of sp³-hybridized carbons (Fsp3) is 0.423. The molecule has 1 aliphatic rings. The molecule has 0 unspecified atom stereocenters. The maximum absolute atomic E-state index is 13.3. The van der Waals surface area contributed by atoms with Crippen LogP contribution in [0.1, 0.15) is 47.4 Å². The SMILES string of the molecule is CCN(CC)C(=O)[C@H](NC(=O)c1ccc(F)cc1)C1CCN(C(=O)c2ccc(OC)cc2)CC1. The average molecular weight is 470 g/mol. The standard InChI is InChI=1S/C26H32FN3O4/c1-4-29(5-2)26(33)23(28-24(31)19-6-10-21(27)11-7-19)18-14-16-30(17-15-18)25(32)20-8-12-22(34-3)13-9-20/h6-13,18,23H,4-5,14-17H2,1-3H3,(H,28,31)/t23-/m1/s1. The van der Waals surface area contributed by atoms with Gasteiger partial charge in [-0.1, -0.05) is 0 Å². The van der Waals surface area contributed by atoms with Crippen LogP contribution in [0.4, 0.5) is 4.39 Å².